The highest BCUT2D eigenvalue weighted by Crippen LogP contribution is 2.27. The first-order valence-electron chi connectivity index (χ1n) is 7.41. The molecule has 1 fully saturated rings. The molecule has 1 aliphatic carbocycles. The van der Waals surface area contributed by atoms with Crippen LogP contribution < -0.4 is 4.90 Å². The topological polar surface area (TPSA) is 66.3 Å². The molecule has 5 nitrogen and oxygen atoms in total. The zero-order valence-corrected chi connectivity index (χ0v) is 12.2. The van der Waals surface area contributed by atoms with Crippen LogP contribution in [0.25, 0.3) is 0 Å². The van der Waals surface area contributed by atoms with Crippen molar-refractivity contribution in [2.75, 3.05) is 11.4 Å². The molecule has 0 bridgehead atoms. The molecule has 1 N–H and O–H groups in total. The summed E-state index contributed by atoms with van der Waals surface area (Å²) in [6.45, 7) is 5.29. The maximum Gasteiger partial charge on any atom is 0.354 e. The van der Waals surface area contributed by atoms with Crippen LogP contribution in [-0.4, -0.2) is 33.6 Å². The maximum absolute atomic E-state index is 11.1. The molecule has 0 aromatic carbocycles. The molecule has 0 spiro atoms. The summed E-state index contributed by atoms with van der Waals surface area (Å²) in [4.78, 5) is 21.8. The van der Waals surface area contributed by atoms with Crippen LogP contribution in [0.1, 0.15) is 56.4 Å². The minimum absolute atomic E-state index is 0.0718. The second kappa shape index (κ2) is 6.68. The van der Waals surface area contributed by atoms with E-state index in [1.54, 1.807) is 6.20 Å². The van der Waals surface area contributed by atoms with Gasteiger partial charge in [0.15, 0.2) is 5.69 Å². The molecule has 0 atom stereocenters. The van der Waals surface area contributed by atoms with E-state index in [-0.39, 0.29) is 5.69 Å². The molecule has 0 saturated heterocycles. The van der Waals surface area contributed by atoms with Gasteiger partial charge in [0.25, 0.3) is 0 Å². The van der Waals surface area contributed by atoms with E-state index in [0.29, 0.717) is 17.9 Å². The first kappa shape index (κ1) is 14.8. The maximum atomic E-state index is 11.1. The number of rotatable bonds is 6. The number of carboxylic acids is 1. The van der Waals surface area contributed by atoms with Crippen LogP contribution in [0.15, 0.2) is 12.3 Å². The molecular formula is C15H23N3O2. The van der Waals surface area contributed by atoms with Crippen molar-refractivity contribution in [3.05, 3.63) is 18.0 Å². The Hall–Kier alpha value is -1.65. The Labute approximate surface area is 120 Å². The average molecular weight is 277 g/mol. The molecule has 1 aliphatic rings. The van der Waals surface area contributed by atoms with Crippen LogP contribution in [0, 0.1) is 5.92 Å². The molecule has 0 aliphatic heterocycles. The molecular weight excluding hydrogens is 254 g/mol. The van der Waals surface area contributed by atoms with Gasteiger partial charge in [-0.3, -0.25) is 0 Å². The van der Waals surface area contributed by atoms with Gasteiger partial charge in [-0.25, -0.2) is 14.8 Å². The first-order valence-corrected chi connectivity index (χ1v) is 7.41. The molecule has 1 saturated carbocycles. The summed E-state index contributed by atoms with van der Waals surface area (Å²) < 4.78 is 0. The van der Waals surface area contributed by atoms with Gasteiger partial charge >= 0.3 is 5.97 Å². The third-order valence-corrected chi connectivity index (χ3v) is 3.83. The van der Waals surface area contributed by atoms with Crippen molar-refractivity contribution in [3.63, 3.8) is 0 Å². The summed E-state index contributed by atoms with van der Waals surface area (Å²) in [6, 6.07) is 1.90. The smallest absolute Gasteiger partial charge is 0.354 e. The second-order valence-electron chi connectivity index (χ2n) is 5.86. The summed E-state index contributed by atoms with van der Waals surface area (Å²) in [6.07, 6.45) is 7.39. The summed E-state index contributed by atoms with van der Waals surface area (Å²) in [5, 5.41) is 9.07. The number of nitrogens with zero attached hydrogens (tertiary/aromatic N) is 3. The zero-order valence-electron chi connectivity index (χ0n) is 12.2. The normalized spacial score (nSPS) is 15.8. The van der Waals surface area contributed by atoms with Gasteiger partial charge in [0.05, 0.1) is 0 Å². The molecule has 5 heteroatoms. The number of aromatic carboxylic acids is 1. The number of aromatic nitrogens is 2. The lowest BCUT2D eigenvalue weighted by Gasteiger charge is -2.29. The van der Waals surface area contributed by atoms with Crippen molar-refractivity contribution in [1.82, 2.24) is 9.97 Å². The fourth-order valence-corrected chi connectivity index (χ4v) is 2.66. The summed E-state index contributed by atoms with van der Waals surface area (Å²) in [7, 11) is 0. The van der Waals surface area contributed by atoms with Gasteiger partial charge in [-0.2, -0.15) is 0 Å². The highest BCUT2D eigenvalue weighted by molar-refractivity contribution is 5.85. The van der Waals surface area contributed by atoms with E-state index in [0.717, 1.165) is 25.8 Å². The van der Waals surface area contributed by atoms with Gasteiger partial charge in [0.1, 0.15) is 0 Å². The van der Waals surface area contributed by atoms with E-state index in [9.17, 15) is 4.79 Å². The molecule has 1 aromatic rings. The van der Waals surface area contributed by atoms with Crippen LogP contribution >= 0.6 is 0 Å². The van der Waals surface area contributed by atoms with Gasteiger partial charge in [0.2, 0.25) is 5.95 Å². The fourth-order valence-electron chi connectivity index (χ4n) is 2.66. The third-order valence-electron chi connectivity index (χ3n) is 3.83. The van der Waals surface area contributed by atoms with Crippen molar-refractivity contribution < 1.29 is 9.90 Å². The molecule has 20 heavy (non-hydrogen) atoms. The van der Waals surface area contributed by atoms with Crippen molar-refractivity contribution in [2.24, 2.45) is 5.92 Å². The van der Waals surface area contributed by atoms with Gasteiger partial charge in [-0.05, 0) is 31.2 Å². The summed E-state index contributed by atoms with van der Waals surface area (Å²) >= 11 is 0. The minimum Gasteiger partial charge on any atom is -0.477 e. The number of carbonyl (C=O) groups is 1. The fraction of sp³-hybridized carbons (Fsp3) is 0.667. The zero-order chi connectivity index (χ0) is 14.5. The number of hydrogen-bond acceptors (Lipinski definition) is 4. The second-order valence-corrected chi connectivity index (χ2v) is 5.86. The van der Waals surface area contributed by atoms with E-state index in [1.165, 1.54) is 18.9 Å². The van der Waals surface area contributed by atoms with Crippen molar-refractivity contribution in [1.29, 1.82) is 0 Å². The Morgan fingerprint density at radius 3 is 2.75 bits per heavy atom. The largest absolute Gasteiger partial charge is 0.477 e. The number of hydrogen-bond donors (Lipinski definition) is 1. The summed E-state index contributed by atoms with van der Waals surface area (Å²) in [5.74, 6) is 0.183. The van der Waals surface area contributed by atoms with Crippen LogP contribution in [0.4, 0.5) is 5.95 Å². The monoisotopic (exact) mass is 277 g/mol. The highest BCUT2D eigenvalue weighted by Gasteiger charge is 2.25. The van der Waals surface area contributed by atoms with E-state index in [1.807, 2.05) is 0 Å². The molecule has 1 aromatic heterocycles. The van der Waals surface area contributed by atoms with E-state index < -0.39 is 5.97 Å². The lowest BCUT2D eigenvalue weighted by molar-refractivity contribution is 0.0690. The predicted octanol–water partition coefficient (Wildman–Crippen LogP) is 2.97. The van der Waals surface area contributed by atoms with Crippen LogP contribution in [0.5, 0.6) is 0 Å². The summed E-state index contributed by atoms with van der Waals surface area (Å²) in [5.41, 5.74) is 0.0718. The Kier molecular flexibility index (Phi) is 4.93. The standard InChI is InChI=1S/C15H23N3O2/c1-11(2)8-10-18(12-5-3-4-6-12)15-16-9-7-13(17-15)14(19)20/h7,9,11-12H,3-6,8,10H2,1-2H3,(H,19,20). The number of carboxylic acid groups (broad SMARTS) is 1. The van der Waals surface area contributed by atoms with Gasteiger partial charge < -0.3 is 10.0 Å². The lowest BCUT2D eigenvalue weighted by Crippen LogP contribution is -2.36. The Morgan fingerprint density at radius 1 is 1.45 bits per heavy atom. The van der Waals surface area contributed by atoms with Crippen molar-refractivity contribution >= 4 is 11.9 Å². The molecule has 0 unspecified atom stereocenters. The predicted molar refractivity (Wildman–Crippen MR) is 78.0 cm³/mol. The molecule has 0 amide bonds. The Bertz CT molecular complexity index is 456. The molecule has 1 heterocycles. The van der Waals surface area contributed by atoms with E-state index in [2.05, 4.69) is 28.7 Å². The van der Waals surface area contributed by atoms with Crippen LogP contribution in [0.3, 0.4) is 0 Å². The van der Waals surface area contributed by atoms with Gasteiger partial charge in [-0.15, -0.1) is 0 Å². The first-order chi connectivity index (χ1) is 9.58. The molecule has 2 rings (SSSR count). The van der Waals surface area contributed by atoms with Crippen molar-refractivity contribution in [3.8, 4) is 0 Å². The van der Waals surface area contributed by atoms with Gasteiger partial charge in [-0.1, -0.05) is 26.7 Å². The van der Waals surface area contributed by atoms with E-state index in [4.69, 9.17) is 5.11 Å². The minimum atomic E-state index is -0.996. The van der Waals surface area contributed by atoms with Crippen LogP contribution in [0.2, 0.25) is 0 Å². The quantitative estimate of drug-likeness (QED) is 0.866. The Balaban J connectivity index is 2.20. The highest BCUT2D eigenvalue weighted by atomic mass is 16.4. The van der Waals surface area contributed by atoms with E-state index >= 15 is 0 Å². The van der Waals surface area contributed by atoms with Crippen LogP contribution in [-0.2, 0) is 0 Å². The molecule has 110 valence electrons. The third kappa shape index (κ3) is 3.68. The lowest BCUT2D eigenvalue weighted by atomic mass is 10.1. The average Bonchev–Trinajstić information content (AvgIpc) is 2.93. The number of anilines is 1. The Morgan fingerprint density at radius 2 is 2.15 bits per heavy atom. The van der Waals surface area contributed by atoms with Crippen molar-refractivity contribution in [2.45, 2.75) is 52.0 Å². The molecule has 0 radical (unpaired) electrons. The SMILES string of the molecule is CC(C)CCN(c1nccc(C(=O)O)n1)C1CCCC1. The van der Waals surface area contributed by atoms with Gasteiger partial charge in [0, 0.05) is 18.8 Å².